The molecule has 1 aromatic carbocycles. The largest absolute Gasteiger partial charge is 0.282 e. The summed E-state index contributed by atoms with van der Waals surface area (Å²) in [6.07, 6.45) is 13.0. The van der Waals surface area contributed by atoms with Gasteiger partial charge in [-0.1, -0.05) is 75.4 Å². The highest BCUT2D eigenvalue weighted by Gasteiger charge is 2.35. The Morgan fingerprint density at radius 2 is 1.85 bits per heavy atom. The van der Waals surface area contributed by atoms with Gasteiger partial charge in [0.25, 0.3) is 0 Å². The molecule has 0 saturated heterocycles. The van der Waals surface area contributed by atoms with Crippen molar-refractivity contribution in [1.29, 1.82) is 0 Å². The smallest absolute Gasteiger partial charge is 0.241 e. The van der Waals surface area contributed by atoms with Gasteiger partial charge in [-0.05, 0) is 59.7 Å². The number of allylic oxidation sites excluding steroid dienone is 7. The zero-order chi connectivity index (χ0) is 19.4. The fourth-order valence-electron chi connectivity index (χ4n) is 3.40. The van der Waals surface area contributed by atoms with Crippen LogP contribution < -0.4 is 0 Å². The Hall–Kier alpha value is -1.93. The molecule has 0 bridgehead atoms. The molecule has 0 spiro atoms. The fraction of sp³-hybridized carbons (Fsp3) is 0.360. The second-order valence-corrected chi connectivity index (χ2v) is 9.34. The van der Waals surface area contributed by atoms with Crippen molar-refractivity contribution in [3.8, 4) is 0 Å². The molecule has 1 atom stereocenters. The average molecular weight is 378 g/mol. The number of hydrogen-bond acceptors (Lipinski definition) is 2. The molecule has 1 unspecified atom stereocenters. The summed E-state index contributed by atoms with van der Waals surface area (Å²) in [5, 5.41) is 0.158. The zero-order valence-corrected chi connectivity index (χ0v) is 17.4. The van der Waals surface area contributed by atoms with E-state index in [1.54, 1.807) is 0 Å². The molecule has 0 aliphatic heterocycles. The predicted molar refractivity (Wildman–Crippen MR) is 118 cm³/mol. The second kappa shape index (κ2) is 8.39. The van der Waals surface area contributed by atoms with Gasteiger partial charge in [-0.2, -0.15) is 0 Å². The van der Waals surface area contributed by atoms with Crippen LogP contribution in [0.25, 0.3) is 5.57 Å². The van der Waals surface area contributed by atoms with Crippen LogP contribution in [0.15, 0.2) is 70.7 Å². The first-order valence-corrected chi connectivity index (χ1v) is 10.6. The topological polar surface area (TPSA) is 17.1 Å². The molecular weight excluding hydrogens is 348 g/mol. The Labute approximate surface area is 168 Å². The summed E-state index contributed by atoms with van der Waals surface area (Å²) in [5.41, 5.74) is 4.98. The maximum absolute atomic E-state index is 13.1. The Bertz CT molecular complexity index is 816. The van der Waals surface area contributed by atoms with Crippen LogP contribution >= 0.6 is 11.8 Å². The number of hydrogen-bond donors (Lipinski definition) is 0. The zero-order valence-electron chi connectivity index (χ0n) is 16.6. The third-order valence-corrected chi connectivity index (χ3v) is 6.44. The Kier molecular flexibility index (Phi) is 6.16. The van der Waals surface area contributed by atoms with E-state index in [2.05, 4.69) is 76.3 Å². The lowest BCUT2D eigenvalue weighted by Gasteiger charge is -2.26. The average Bonchev–Trinajstić information content (AvgIpc) is 2.68. The minimum atomic E-state index is -0.240. The van der Waals surface area contributed by atoms with Crippen molar-refractivity contribution >= 4 is 22.5 Å². The van der Waals surface area contributed by atoms with Crippen molar-refractivity contribution < 1.29 is 4.79 Å². The van der Waals surface area contributed by atoms with E-state index in [1.165, 1.54) is 34.0 Å². The van der Waals surface area contributed by atoms with E-state index in [0.29, 0.717) is 0 Å². The minimum absolute atomic E-state index is 0.136. The summed E-state index contributed by atoms with van der Waals surface area (Å²) in [4.78, 5) is 14.2. The molecule has 0 saturated carbocycles. The van der Waals surface area contributed by atoms with Crippen molar-refractivity contribution in [2.45, 2.75) is 46.5 Å². The van der Waals surface area contributed by atoms with E-state index < -0.39 is 0 Å². The van der Waals surface area contributed by atoms with Crippen LogP contribution in [-0.4, -0.2) is 5.12 Å². The molecule has 3 rings (SSSR count). The number of rotatable bonds is 4. The lowest BCUT2D eigenvalue weighted by atomic mass is 9.83. The summed E-state index contributed by atoms with van der Waals surface area (Å²) in [6, 6.07) is 10.4. The molecule has 0 fully saturated rings. The third kappa shape index (κ3) is 4.68. The Balaban J connectivity index is 2.03. The number of carbonyl (C=O) groups is 1. The SMILES string of the molecule is [CH2+]C(C(=O)SC1=C(C2=CC=CCC2)CCC=C1c1ccccc1)C(C)(C)C. The second-order valence-electron chi connectivity index (χ2n) is 8.33. The van der Waals surface area contributed by atoms with Gasteiger partial charge in [0, 0.05) is 10.3 Å². The van der Waals surface area contributed by atoms with Gasteiger partial charge in [0.15, 0.2) is 5.92 Å². The fourth-order valence-corrected chi connectivity index (χ4v) is 4.76. The minimum Gasteiger partial charge on any atom is -0.282 e. The first-order valence-electron chi connectivity index (χ1n) is 9.78. The first kappa shape index (κ1) is 19.8. The molecule has 0 aromatic heterocycles. The molecule has 0 amide bonds. The van der Waals surface area contributed by atoms with Crippen LogP contribution in [0.5, 0.6) is 0 Å². The van der Waals surface area contributed by atoms with Crippen LogP contribution in [0.4, 0.5) is 0 Å². The summed E-state index contributed by atoms with van der Waals surface area (Å²) >= 11 is 1.41. The van der Waals surface area contributed by atoms with Crippen molar-refractivity contribution in [2.24, 2.45) is 11.3 Å². The van der Waals surface area contributed by atoms with Crippen molar-refractivity contribution in [1.82, 2.24) is 0 Å². The molecule has 0 N–H and O–H groups in total. The van der Waals surface area contributed by atoms with Gasteiger partial charge in [0.2, 0.25) is 5.12 Å². The molecule has 27 heavy (non-hydrogen) atoms. The lowest BCUT2D eigenvalue weighted by molar-refractivity contribution is -0.115. The van der Waals surface area contributed by atoms with E-state index in [-0.39, 0.29) is 16.4 Å². The Morgan fingerprint density at radius 3 is 2.48 bits per heavy atom. The van der Waals surface area contributed by atoms with Crippen LogP contribution in [0, 0.1) is 18.3 Å². The van der Waals surface area contributed by atoms with Crippen LogP contribution in [0.2, 0.25) is 0 Å². The Morgan fingerprint density at radius 1 is 1.11 bits per heavy atom. The standard InChI is InChI=1S/C25H29OS/c1-18(25(2,3)4)24(26)27-23-21(19-12-7-5-8-13-19)16-11-17-22(23)20-14-9-6-10-15-20/h5-9,12-14,16,18H,1,10-11,15,17H2,2-4H3/q+1. The molecule has 1 nitrogen and oxygen atoms in total. The first-order chi connectivity index (χ1) is 12.9. The van der Waals surface area contributed by atoms with E-state index in [4.69, 9.17) is 0 Å². The molecule has 140 valence electrons. The normalized spacial score (nSPS) is 18.8. The van der Waals surface area contributed by atoms with E-state index >= 15 is 0 Å². The predicted octanol–water partition coefficient (Wildman–Crippen LogP) is 7.15. The highest BCUT2D eigenvalue weighted by Crippen LogP contribution is 2.45. The van der Waals surface area contributed by atoms with Crippen LogP contribution in [-0.2, 0) is 4.79 Å². The molecule has 2 aliphatic carbocycles. The molecule has 0 radical (unpaired) electrons. The van der Waals surface area contributed by atoms with Crippen LogP contribution in [0.1, 0.15) is 52.0 Å². The van der Waals surface area contributed by atoms with Gasteiger partial charge >= 0.3 is 0 Å². The van der Waals surface area contributed by atoms with Gasteiger partial charge in [0.05, 0.1) is 6.92 Å². The lowest BCUT2D eigenvalue weighted by Crippen LogP contribution is -2.24. The van der Waals surface area contributed by atoms with Gasteiger partial charge in [-0.3, -0.25) is 4.79 Å². The number of carbonyl (C=O) groups excluding carboxylic acids is 1. The molecule has 1 aromatic rings. The third-order valence-electron chi connectivity index (χ3n) is 5.28. The van der Waals surface area contributed by atoms with Crippen LogP contribution in [0.3, 0.4) is 0 Å². The maximum Gasteiger partial charge on any atom is 0.241 e. The monoisotopic (exact) mass is 377 g/mol. The van der Waals surface area contributed by atoms with E-state index in [9.17, 15) is 4.79 Å². The highest BCUT2D eigenvalue weighted by atomic mass is 32.2. The summed E-state index contributed by atoms with van der Waals surface area (Å²) in [6.45, 7) is 10.4. The van der Waals surface area contributed by atoms with E-state index in [1.807, 2.05) is 6.07 Å². The summed E-state index contributed by atoms with van der Waals surface area (Å²) in [5.74, 6) is -0.240. The molecule has 0 heterocycles. The van der Waals surface area contributed by atoms with Crippen molar-refractivity contribution in [3.63, 3.8) is 0 Å². The van der Waals surface area contributed by atoms with Crippen molar-refractivity contribution in [3.05, 3.63) is 83.2 Å². The highest BCUT2D eigenvalue weighted by molar-refractivity contribution is 8.17. The number of benzene rings is 1. The maximum atomic E-state index is 13.1. The van der Waals surface area contributed by atoms with Crippen molar-refractivity contribution in [2.75, 3.05) is 0 Å². The van der Waals surface area contributed by atoms with Gasteiger partial charge in [-0.15, -0.1) is 0 Å². The number of thioether (sulfide) groups is 1. The molecular formula is C25H29OS+. The van der Waals surface area contributed by atoms with Gasteiger partial charge in [0.1, 0.15) is 0 Å². The summed E-state index contributed by atoms with van der Waals surface area (Å²) < 4.78 is 0. The quantitative estimate of drug-likeness (QED) is 0.518. The molecule has 2 aliphatic rings. The summed E-state index contributed by atoms with van der Waals surface area (Å²) in [7, 11) is 0. The van der Waals surface area contributed by atoms with Gasteiger partial charge < -0.3 is 0 Å². The van der Waals surface area contributed by atoms with E-state index in [0.717, 1.165) is 30.6 Å². The van der Waals surface area contributed by atoms with Gasteiger partial charge in [-0.25, -0.2) is 0 Å². The molecule has 2 heteroatoms.